The second kappa shape index (κ2) is 7.72. The van der Waals surface area contributed by atoms with Gasteiger partial charge in [-0.05, 0) is 42.7 Å². The van der Waals surface area contributed by atoms with Crippen molar-refractivity contribution in [3.8, 4) is 11.6 Å². The molecule has 4 aromatic rings. The number of hydrogen-bond donors (Lipinski definition) is 4. The Morgan fingerprint density at radius 3 is 2.66 bits per heavy atom. The Balaban J connectivity index is 1.68. The van der Waals surface area contributed by atoms with E-state index in [2.05, 4.69) is 15.3 Å². The van der Waals surface area contributed by atoms with E-state index < -0.39 is 23.3 Å². The number of nitrogens with zero attached hydrogens (tertiary/aromatic N) is 1. The maximum absolute atomic E-state index is 12.9. The minimum Gasteiger partial charge on any atom is -0.497 e. The quantitative estimate of drug-likeness (QED) is 0.396. The summed E-state index contributed by atoms with van der Waals surface area (Å²) in [5, 5.41) is 15.5. The number of benzene rings is 2. The normalized spacial score (nSPS) is 16.6. The fraction of sp³-hybridized carbons (Fsp3) is 0.250. The molecule has 0 saturated heterocycles. The van der Waals surface area contributed by atoms with Crippen molar-refractivity contribution >= 4 is 10.9 Å². The lowest BCUT2D eigenvalue weighted by atomic mass is 9.95. The molecular formula is C24H24N4O4. The van der Waals surface area contributed by atoms with Gasteiger partial charge in [0.15, 0.2) is 0 Å². The Labute approximate surface area is 183 Å². The number of methoxy groups -OCH3 is 1. The molecule has 164 valence electrons. The third-order valence-electron chi connectivity index (χ3n) is 6.27. The molecule has 0 bridgehead atoms. The van der Waals surface area contributed by atoms with E-state index in [4.69, 9.17) is 4.74 Å². The first-order chi connectivity index (χ1) is 15.5. The van der Waals surface area contributed by atoms with Gasteiger partial charge in [0, 0.05) is 23.1 Å². The summed E-state index contributed by atoms with van der Waals surface area (Å²) in [5.41, 5.74) is 2.50. The minimum atomic E-state index is -0.648. The van der Waals surface area contributed by atoms with Crippen LogP contribution in [-0.2, 0) is 6.42 Å². The van der Waals surface area contributed by atoms with Gasteiger partial charge in [-0.15, -0.1) is 0 Å². The van der Waals surface area contributed by atoms with Crippen molar-refractivity contribution in [1.29, 1.82) is 0 Å². The van der Waals surface area contributed by atoms with Crippen molar-refractivity contribution in [3.05, 3.63) is 91.8 Å². The van der Waals surface area contributed by atoms with Crippen molar-refractivity contribution in [1.82, 2.24) is 19.9 Å². The molecule has 3 heterocycles. The van der Waals surface area contributed by atoms with Crippen LogP contribution in [0.5, 0.6) is 11.6 Å². The number of aromatic nitrogens is 3. The van der Waals surface area contributed by atoms with Crippen molar-refractivity contribution in [2.75, 3.05) is 13.7 Å². The summed E-state index contributed by atoms with van der Waals surface area (Å²) in [4.78, 5) is 31.4. The molecule has 8 nitrogen and oxygen atoms in total. The molecule has 8 heteroatoms. The number of rotatable bonds is 4. The van der Waals surface area contributed by atoms with Crippen LogP contribution in [0.4, 0.5) is 0 Å². The van der Waals surface area contributed by atoms with E-state index in [9.17, 15) is 14.7 Å². The molecule has 0 saturated carbocycles. The summed E-state index contributed by atoms with van der Waals surface area (Å²) in [7, 11) is 1.62. The van der Waals surface area contributed by atoms with Crippen LogP contribution in [-0.4, -0.2) is 33.3 Å². The monoisotopic (exact) mass is 432 g/mol. The van der Waals surface area contributed by atoms with Gasteiger partial charge in [-0.2, -0.15) is 0 Å². The lowest BCUT2D eigenvalue weighted by molar-refractivity contribution is 0.372. The first-order valence-electron chi connectivity index (χ1n) is 10.5. The zero-order valence-electron chi connectivity index (χ0n) is 17.8. The molecule has 2 atom stereocenters. The Morgan fingerprint density at radius 2 is 1.91 bits per heavy atom. The maximum Gasteiger partial charge on any atom is 0.331 e. The lowest BCUT2D eigenvalue weighted by Crippen LogP contribution is -2.39. The maximum atomic E-state index is 12.9. The lowest BCUT2D eigenvalue weighted by Gasteiger charge is -2.26. The molecule has 1 aliphatic rings. The highest BCUT2D eigenvalue weighted by Gasteiger charge is 2.32. The van der Waals surface area contributed by atoms with Crippen molar-refractivity contribution in [2.45, 2.75) is 25.4 Å². The van der Waals surface area contributed by atoms with Crippen LogP contribution in [0.15, 0.2) is 58.1 Å². The molecule has 4 N–H and O–H groups in total. The van der Waals surface area contributed by atoms with Gasteiger partial charge in [0.1, 0.15) is 11.3 Å². The molecule has 0 spiro atoms. The average Bonchev–Trinajstić information content (AvgIpc) is 3.18. The Morgan fingerprint density at radius 1 is 1.12 bits per heavy atom. The SMILES string of the molecule is COc1ccc2[nH]c3c(c2c1)CCN[C@H]3c1c(O)n([C@@H](C)c2ccccc2)c(=O)[nH]c1=O. The summed E-state index contributed by atoms with van der Waals surface area (Å²) in [6.45, 7) is 2.43. The predicted octanol–water partition coefficient (Wildman–Crippen LogP) is 2.58. The number of H-pyrrole nitrogens is 2. The number of aromatic amines is 2. The number of nitrogens with one attached hydrogen (secondary N) is 3. The molecule has 0 aliphatic carbocycles. The molecule has 0 unspecified atom stereocenters. The van der Waals surface area contributed by atoms with E-state index in [1.165, 1.54) is 4.57 Å². The summed E-state index contributed by atoms with van der Waals surface area (Å²) in [5.74, 6) is 0.414. The van der Waals surface area contributed by atoms with Crippen LogP contribution in [0.2, 0.25) is 0 Å². The zero-order valence-corrected chi connectivity index (χ0v) is 17.8. The standard InChI is InChI=1S/C24H24N4O4/c1-13(14-6-4-3-5-7-14)28-23(30)19(22(29)27-24(28)31)21-20-16(10-11-25-21)17-12-15(32-2)8-9-18(17)26-20/h3-9,12-13,21,25-26,30H,10-11H2,1-2H3,(H,27,29,31)/t13-,21-/m0/s1. The van der Waals surface area contributed by atoms with E-state index in [-0.39, 0.29) is 11.4 Å². The average molecular weight is 432 g/mol. The number of ether oxygens (including phenoxy) is 1. The molecule has 5 rings (SSSR count). The van der Waals surface area contributed by atoms with Crippen LogP contribution < -0.4 is 21.3 Å². The van der Waals surface area contributed by atoms with Gasteiger partial charge >= 0.3 is 5.69 Å². The number of aromatic hydroxyl groups is 1. The van der Waals surface area contributed by atoms with Gasteiger partial charge in [0.2, 0.25) is 5.88 Å². The Hall–Kier alpha value is -3.78. The fourth-order valence-corrected chi connectivity index (χ4v) is 4.63. The van der Waals surface area contributed by atoms with Crippen LogP contribution in [0.25, 0.3) is 10.9 Å². The highest BCUT2D eigenvalue weighted by molar-refractivity contribution is 5.86. The summed E-state index contributed by atoms with van der Waals surface area (Å²) in [6, 6.07) is 14.1. The van der Waals surface area contributed by atoms with Gasteiger partial charge in [-0.25, -0.2) is 4.79 Å². The van der Waals surface area contributed by atoms with Crippen molar-refractivity contribution in [2.24, 2.45) is 0 Å². The van der Waals surface area contributed by atoms with E-state index in [0.29, 0.717) is 6.54 Å². The van der Waals surface area contributed by atoms with Crippen molar-refractivity contribution < 1.29 is 9.84 Å². The largest absolute Gasteiger partial charge is 0.497 e. The molecule has 32 heavy (non-hydrogen) atoms. The van der Waals surface area contributed by atoms with Crippen LogP contribution in [0.1, 0.15) is 41.4 Å². The third kappa shape index (κ3) is 3.11. The van der Waals surface area contributed by atoms with Gasteiger partial charge in [0.05, 0.1) is 19.2 Å². The second-order valence-corrected chi connectivity index (χ2v) is 8.02. The fourth-order valence-electron chi connectivity index (χ4n) is 4.63. The van der Waals surface area contributed by atoms with Gasteiger partial charge < -0.3 is 20.1 Å². The van der Waals surface area contributed by atoms with E-state index in [0.717, 1.165) is 39.9 Å². The molecule has 1 aliphatic heterocycles. The van der Waals surface area contributed by atoms with Crippen LogP contribution in [0.3, 0.4) is 0 Å². The molecule has 0 radical (unpaired) electrons. The molecule has 0 amide bonds. The van der Waals surface area contributed by atoms with Crippen LogP contribution in [0, 0.1) is 0 Å². The molecule has 0 fully saturated rings. The smallest absolute Gasteiger partial charge is 0.331 e. The van der Waals surface area contributed by atoms with Crippen LogP contribution >= 0.6 is 0 Å². The molecule has 2 aromatic carbocycles. The first kappa shape index (κ1) is 20.1. The molecular weight excluding hydrogens is 408 g/mol. The highest BCUT2D eigenvalue weighted by Crippen LogP contribution is 2.36. The first-order valence-corrected chi connectivity index (χ1v) is 10.5. The predicted molar refractivity (Wildman–Crippen MR) is 122 cm³/mol. The third-order valence-corrected chi connectivity index (χ3v) is 6.27. The zero-order chi connectivity index (χ0) is 22.4. The highest BCUT2D eigenvalue weighted by atomic mass is 16.5. The van der Waals surface area contributed by atoms with Gasteiger partial charge in [0.25, 0.3) is 5.56 Å². The summed E-state index contributed by atoms with van der Waals surface area (Å²) < 4.78 is 6.60. The topological polar surface area (TPSA) is 112 Å². The second-order valence-electron chi connectivity index (χ2n) is 8.02. The number of hydrogen-bond acceptors (Lipinski definition) is 5. The summed E-state index contributed by atoms with van der Waals surface area (Å²) >= 11 is 0. The summed E-state index contributed by atoms with van der Waals surface area (Å²) in [6.07, 6.45) is 0.762. The van der Waals surface area contributed by atoms with E-state index >= 15 is 0 Å². The Kier molecular flexibility index (Phi) is 4.86. The van der Waals surface area contributed by atoms with E-state index in [1.807, 2.05) is 55.5 Å². The Bertz CT molecular complexity index is 1420. The van der Waals surface area contributed by atoms with Gasteiger partial charge in [-0.1, -0.05) is 30.3 Å². The van der Waals surface area contributed by atoms with E-state index in [1.54, 1.807) is 7.11 Å². The van der Waals surface area contributed by atoms with Gasteiger partial charge in [-0.3, -0.25) is 14.3 Å². The van der Waals surface area contributed by atoms with Crippen molar-refractivity contribution in [3.63, 3.8) is 0 Å². The minimum absolute atomic E-state index is 0.117. The molecule has 2 aromatic heterocycles. The number of fused-ring (bicyclic) bond motifs is 3.